The van der Waals surface area contributed by atoms with Crippen LogP contribution in [0.5, 0.6) is 11.5 Å². The maximum Gasteiger partial charge on any atom is 0.197 e. The number of hydrogen-bond donors (Lipinski definition) is 0. The van der Waals surface area contributed by atoms with Gasteiger partial charge in [-0.15, -0.1) is 21.5 Å². The van der Waals surface area contributed by atoms with E-state index in [9.17, 15) is 0 Å². The molecule has 4 aromatic rings. The predicted molar refractivity (Wildman–Crippen MR) is 103 cm³/mol. The average Bonchev–Trinajstić information content (AvgIpc) is 3.24. The van der Waals surface area contributed by atoms with Crippen LogP contribution in [0.15, 0.2) is 46.8 Å². The first-order valence-electron chi connectivity index (χ1n) is 8.36. The van der Waals surface area contributed by atoms with Crippen LogP contribution in [0.25, 0.3) is 10.2 Å². The van der Waals surface area contributed by atoms with Crippen molar-refractivity contribution in [3.63, 3.8) is 0 Å². The maximum absolute atomic E-state index is 6.05. The number of rotatable bonds is 3. The van der Waals surface area contributed by atoms with Crippen molar-refractivity contribution in [2.24, 2.45) is 7.05 Å². The van der Waals surface area contributed by atoms with Gasteiger partial charge in [-0.3, -0.25) is 0 Å². The van der Waals surface area contributed by atoms with Gasteiger partial charge in [0.2, 0.25) is 0 Å². The summed E-state index contributed by atoms with van der Waals surface area (Å²) in [6.07, 6.45) is 1.29. The van der Waals surface area contributed by atoms with Gasteiger partial charge < -0.3 is 14.0 Å². The van der Waals surface area contributed by atoms with Crippen molar-refractivity contribution in [3.8, 4) is 11.5 Å². The fraction of sp³-hybridized carbons (Fsp3) is 0.222. The van der Waals surface area contributed by atoms with Crippen LogP contribution in [0.3, 0.4) is 0 Å². The second-order valence-electron chi connectivity index (χ2n) is 6.12. The summed E-state index contributed by atoms with van der Waals surface area (Å²) in [4.78, 5) is 11.0. The summed E-state index contributed by atoms with van der Waals surface area (Å²) in [5.41, 5.74) is 0. The lowest BCUT2D eigenvalue weighted by atomic mass is 10.2. The molecule has 27 heavy (non-hydrogen) atoms. The molecule has 3 aromatic heterocycles. The van der Waals surface area contributed by atoms with Crippen molar-refractivity contribution in [1.29, 1.82) is 0 Å². The largest absolute Gasteiger partial charge is 0.485 e. The lowest BCUT2D eigenvalue weighted by Crippen LogP contribution is -2.24. The molecule has 136 valence electrons. The Morgan fingerprint density at radius 1 is 1.19 bits per heavy atom. The number of ether oxygens (including phenoxy) is 2. The third kappa shape index (κ3) is 2.92. The minimum Gasteiger partial charge on any atom is -0.485 e. The summed E-state index contributed by atoms with van der Waals surface area (Å²) in [6.45, 7) is 2.47. The number of hydrogen-bond acceptors (Lipinski definition) is 8. The smallest absolute Gasteiger partial charge is 0.197 e. The first-order chi connectivity index (χ1) is 13.2. The first-order valence-corrected chi connectivity index (χ1v) is 9.99. The van der Waals surface area contributed by atoms with E-state index in [0.29, 0.717) is 6.61 Å². The van der Waals surface area contributed by atoms with Crippen molar-refractivity contribution in [3.05, 3.63) is 47.4 Å². The standard InChI is InChI=1S/C18H15N5O2S2/c1-10-7-11-16(26-10)19-9-20-17(11)27-18-22-21-15(23(18)2)14-8-24-12-5-3-4-6-13(12)25-14/h3-7,9,14H,8H2,1-2H3. The lowest BCUT2D eigenvalue weighted by molar-refractivity contribution is 0.0825. The molecule has 0 radical (unpaired) electrons. The van der Waals surface area contributed by atoms with E-state index in [4.69, 9.17) is 9.47 Å². The zero-order valence-corrected chi connectivity index (χ0v) is 16.3. The van der Waals surface area contributed by atoms with E-state index in [0.717, 1.165) is 37.7 Å². The van der Waals surface area contributed by atoms with Crippen LogP contribution in [-0.4, -0.2) is 31.3 Å². The Bertz CT molecular complexity index is 1140. The maximum atomic E-state index is 6.05. The minimum absolute atomic E-state index is 0.305. The van der Waals surface area contributed by atoms with E-state index in [1.807, 2.05) is 35.9 Å². The second-order valence-corrected chi connectivity index (χ2v) is 8.31. The van der Waals surface area contributed by atoms with Gasteiger partial charge >= 0.3 is 0 Å². The highest BCUT2D eigenvalue weighted by Gasteiger charge is 2.27. The lowest BCUT2D eigenvalue weighted by Gasteiger charge is -2.25. The van der Waals surface area contributed by atoms with Crippen LogP contribution in [0.4, 0.5) is 0 Å². The molecular weight excluding hydrogens is 382 g/mol. The van der Waals surface area contributed by atoms with Gasteiger partial charge in [-0.2, -0.15) is 0 Å². The number of aryl methyl sites for hydroxylation is 1. The molecule has 0 fully saturated rings. The zero-order valence-electron chi connectivity index (χ0n) is 14.6. The number of aromatic nitrogens is 5. The van der Waals surface area contributed by atoms with Crippen molar-refractivity contribution in [2.75, 3.05) is 6.61 Å². The van der Waals surface area contributed by atoms with Crippen LogP contribution < -0.4 is 9.47 Å². The number of nitrogens with zero attached hydrogens (tertiary/aromatic N) is 5. The van der Waals surface area contributed by atoms with Gasteiger partial charge in [0.05, 0.1) is 0 Å². The molecule has 1 aliphatic heterocycles. The minimum atomic E-state index is -0.305. The zero-order chi connectivity index (χ0) is 18.4. The van der Waals surface area contributed by atoms with Crippen LogP contribution >= 0.6 is 23.1 Å². The molecule has 0 bridgehead atoms. The van der Waals surface area contributed by atoms with Crippen LogP contribution in [0.2, 0.25) is 0 Å². The van der Waals surface area contributed by atoms with Gasteiger partial charge in [-0.05, 0) is 36.9 Å². The van der Waals surface area contributed by atoms with Gasteiger partial charge in [0.25, 0.3) is 0 Å². The molecule has 1 atom stereocenters. The molecule has 9 heteroatoms. The normalized spacial score (nSPS) is 16.0. The molecule has 4 heterocycles. The van der Waals surface area contributed by atoms with E-state index in [2.05, 4.69) is 33.2 Å². The Balaban J connectivity index is 1.44. The van der Waals surface area contributed by atoms with E-state index < -0.39 is 0 Å². The predicted octanol–water partition coefficient (Wildman–Crippen LogP) is 3.79. The number of benzene rings is 1. The third-order valence-corrected chi connectivity index (χ3v) is 6.28. The van der Waals surface area contributed by atoms with Gasteiger partial charge in [0.1, 0.15) is 22.8 Å². The Hall–Kier alpha value is -2.65. The van der Waals surface area contributed by atoms with Crippen molar-refractivity contribution >= 4 is 33.3 Å². The molecule has 1 aromatic carbocycles. The fourth-order valence-corrected chi connectivity index (χ4v) is 4.73. The molecule has 0 spiro atoms. The Kier molecular flexibility index (Phi) is 3.98. The van der Waals surface area contributed by atoms with E-state index in [1.165, 1.54) is 16.6 Å². The van der Waals surface area contributed by atoms with Crippen LogP contribution in [0, 0.1) is 6.92 Å². The fourth-order valence-electron chi connectivity index (χ4n) is 2.96. The molecule has 1 aliphatic rings. The second kappa shape index (κ2) is 6.50. The third-order valence-electron chi connectivity index (χ3n) is 4.27. The van der Waals surface area contributed by atoms with Crippen molar-refractivity contribution < 1.29 is 9.47 Å². The monoisotopic (exact) mass is 397 g/mol. The summed E-state index contributed by atoms with van der Waals surface area (Å²) >= 11 is 3.13. The van der Waals surface area contributed by atoms with Gasteiger partial charge in [0, 0.05) is 17.3 Å². The summed E-state index contributed by atoms with van der Waals surface area (Å²) in [5, 5.41) is 11.3. The highest BCUT2D eigenvalue weighted by molar-refractivity contribution is 7.99. The Morgan fingerprint density at radius 3 is 2.93 bits per heavy atom. The van der Waals surface area contributed by atoms with Crippen LogP contribution in [0.1, 0.15) is 16.8 Å². The Labute approximate surface area is 163 Å². The quantitative estimate of drug-likeness (QED) is 0.487. The first kappa shape index (κ1) is 16.5. The summed E-state index contributed by atoms with van der Waals surface area (Å²) in [7, 11) is 1.93. The Morgan fingerprint density at radius 2 is 2.04 bits per heavy atom. The number of para-hydroxylation sites is 2. The molecule has 0 saturated carbocycles. The highest BCUT2D eigenvalue weighted by atomic mass is 32.2. The van der Waals surface area contributed by atoms with E-state index in [1.54, 1.807) is 17.7 Å². The summed E-state index contributed by atoms with van der Waals surface area (Å²) in [6, 6.07) is 9.74. The molecule has 0 aliphatic carbocycles. The molecule has 5 rings (SSSR count). The number of thiophene rings is 1. The van der Waals surface area contributed by atoms with Gasteiger partial charge in [-0.1, -0.05) is 12.1 Å². The highest BCUT2D eigenvalue weighted by Crippen LogP contribution is 2.37. The molecule has 0 amide bonds. The average molecular weight is 397 g/mol. The topological polar surface area (TPSA) is 75.0 Å². The van der Waals surface area contributed by atoms with E-state index >= 15 is 0 Å². The molecule has 7 nitrogen and oxygen atoms in total. The van der Waals surface area contributed by atoms with Crippen LogP contribution in [-0.2, 0) is 7.05 Å². The molecule has 0 N–H and O–H groups in total. The summed E-state index contributed by atoms with van der Waals surface area (Å²) < 4.78 is 13.8. The SMILES string of the molecule is Cc1cc2c(Sc3nnc(C4COc5ccccc5O4)n3C)ncnc2s1. The van der Waals surface area contributed by atoms with Crippen molar-refractivity contribution in [1.82, 2.24) is 24.7 Å². The molecule has 1 unspecified atom stereocenters. The van der Waals surface area contributed by atoms with Gasteiger partial charge in [0.15, 0.2) is 28.6 Å². The molecule has 0 saturated heterocycles. The summed E-state index contributed by atoms with van der Waals surface area (Å²) in [5.74, 6) is 2.19. The molecular formula is C18H15N5O2S2. The van der Waals surface area contributed by atoms with E-state index in [-0.39, 0.29) is 6.10 Å². The van der Waals surface area contributed by atoms with Gasteiger partial charge in [-0.25, -0.2) is 9.97 Å². The number of fused-ring (bicyclic) bond motifs is 2. The van der Waals surface area contributed by atoms with Crippen molar-refractivity contribution in [2.45, 2.75) is 23.2 Å².